The van der Waals surface area contributed by atoms with Gasteiger partial charge in [0.15, 0.2) is 0 Å². The zero-order chi connectivity index (χ0) is 16.1. The molecule has 0 radical (unpaired) electrons. The minimum absolute atomic E-state index is 0.0564. The van der Waals surface area contributed by atoms with Crippen LogP contribution in [0.15, 0.2) is 35.2 Å². The zero-order valence-electron chi connectivity index (χ0n) is 11.8. The van der Waals surface area contributed by atoms with E-state index in [1.54, 1.807) is 13.0 Å². The van der Waals surface area contributed by atoms with E-state index in [2.05, 4.69) is 10.2 Å². The van der Waals surface area contributed by atoms with Crippen LogP contribution in [0.2, 0.25) is 0 Å². The fourth-order valence-corrected chi connectivity index (χ4v) is 2.75. The number of fused-ring (bicyclic) bond motifs is 1. The van der Waals surface area contributed by atoms with Crippen molar-refractivity contribution in [3.8, 4) is 11.4 Å². The van der Waals surface area contributed by atoms with Crippen molar-refractivity contribution in [1.82, 2.24) is 15.0 Å². The molecule has 1 aromatic heterocycles. The van der Waals surface area contributed by atoms with Gasteiger partial charge in [-0.15, -0.1) is 15.0 Å². The molecule has 0 aliphatic rings. The van der Waals surface area contributed by atoms with Gasteiger partial charge in [0.25, 0.3) is 10.1 Å². The second-order valence-electron chi connectivity index (χ2n) is 5.06. The van der Waals surface area contributed by atoms with Crippen molar-refractivity contribution in [3.05, 3.63) is 41.5 Å². The van der Waals surface area contributed by atoms with Crippen molar-refractivity contribution in [2.45, 2.75) is 18.7 Å². The van der Waals surface area contributed by atoms with Crippen molar-refractivity contribution in [2.75, 3.05) is 0 Å². The molecule has 3 aromatic rings. The minimum atomic E-state index is -4.30. The Balaban J connectivity index is 2.22. The van der Waals surface area contributed by atoms with E-state index in [0.29, 0.717) is 22.3 Å². The summed E-state index contributed by atoms with van der Waals surface area (Å²) in [4.78, 5) is 0.991. The number of benzene rings is 2. The summed E-state index contributed by atoms with van der Waals surface area (Å²) in [5, 5.41) is 18.5. The lowest BCUT2D eigenvalue weighted by Gasteiger charge is -2.07. The molecule has 7 nitrogen and oxygen atoms in total. The van der Waals surface area contributed by atoms with E-state index >= 15 is 0 Å². The molecule has 0 saturated heterocycles. The van der Waals surface area contributed by atoms with Crippen molar-refractivity contribution < 1.29 is 18.1 Å². The Bertz CT molecular complexity index is 993. The number of phenols is 1. The van der Waals surface area contributed by atoms with Crippen LogP contribution in [0.1, 0.15) is 11.1 Å². The molecule has 0 aliphatic heterocycles. The normalized spacial score (nSPS) is 12.0. The zero-order valence-corrected chi connectivity index (χ0v) is 12.7. The molecule has 0 unspecified atom stereocenters. The van der Waals surface area contributed by atoms with E-state index in [1.807, 2.05) is 13.0 Å². The predicted molar refractivity (Wildman–Crippen MR) is 79.8 cm³/mol. The number of hydrogen-bond acceptors (Lipinski definition) is 5. The smallest absolute Gasteiger partial charge is 0.294 e. The summed E-state index contributed by atoms with van der Waals surface area (Å²) in [5.74, 6) is 0.0564. The average Bonchev–Trinajstić information content (AvgIpc) is 2.84. The molecule has 2 N–H and O–H groups in total. The highest BCUT2D eigenvalue weighted by Gasteiger charge is 2.15. The molecule has 0 fully saturated rings. The summed E-state index contributed by atoms with van der Waals surface area (Å²) in [6, 6.07) is 7.48. The maximum atomic E-state index is 11.2. The fourth-order valence-electron chi connectivity index (χ4n) is 2.25. The third-order valence-electron chi connectivity index (χ3n) is 3.29. The third-order valence-corrected chi connectivity index (χ3v) is 4.14. The van der Waals surface area contributed by atoms with Gasteiger partial charge in [0, 0.05) is 0 Å². The van der Waals surface area contributed by atoms with Crippen molar-refractivity contribution >= 4 is 21.2 Å². The predicted octanol–water partition coefficient (Wildman–Crippen LogP) is 1.99. The number of aromatic hydroxyl groups is 1. The molecule has 0 aliphatic carbocycles. The quantitative estimate of drug-likeness (QED) is 0.700. The first-order chi connectivity index (χ1) is 10.3. The van der Waals surface area contributed by atoms with Crippen molar-refractivity contribution in [2.24, 2.45) is 0 Å². The Hall–Kier alpha value is -2.45. The second kappa shape index (κ2) is 4.79. The molecule has 0 saturated carbocycles. The first-order valence-electron chi connectivity index (χ1n) is 6.41. The Morgan fingerprint density at radius 3 is 2.41 bits per heavy atom. The third kappa shape index (κ3) is 2.42. The lowest BCUT2D eigenvalue weighted by Crippen LogP contribution is -2.00. The molecule has 0 bridgehead atoms. The first-order valence-corrected chi connectivity index (χ1v) is 7.85. The van der Waals surface area contributed by atoms with Gasteiger partial charge >= 0.3 is 0 Å². The van der Waals surface area contributed by atoms with Crippen molar-refractivity contribution in [3.63, 3.8) is 0 Å². The molecule has 8 heteroatoms. The van der Waals surface area contributed by atoms with Crippen LogP contribution in [0, 0.1) is 13.8 Å². The molecular weight excluding hydrogens is 306 g/mol. The Labute approximate surface area is 126 Å². The van der Waals surface area contributed by atoms with E-state index in [4.69, 9.17) is 4.55 Å². The maximum absolute atomic E-state index is 11.2. The van der Waals surface area contributed by atoms with Gasteiger partial charge in [-0.2, -0.15) is 8.42 Å². The Morgan fingerprint density at radius 2 is 1.73 bits per heavy atom. The highest BCUT2D eigenvalue weighted by Crippen LogP contribution is 2.27. The average molecular weight is 319 g/mol. The standard InChI is InChI=1S/C14H13N3O4S/c1-8-5-9(2)14(18)13(6-8)17-15-11-4-3-10(22(19,20)21)7-12(11)16-17/h3-7,18H,1-2H3,(H,19,20,21). The van der Waals surface area contributed by atoms with Gasteiger partial charge in [0.1, 0.15) is 22.5 Å². The summed E-state index contributed by atoms with van der Waals surface area (Å²) in [6.07, 6.45) is 0. The summed E-state index contributed by atoms with van der Waals surface area (Å²) in [7, 11) is -4.30. The number of rotatable bonds is 2. The van der Waals surface area contributed by atoms with Gasteiger partial charge in [-0.1, -0.05) is 6.07 Å². The fraction of sp³-hybridized carbons (Fsp3) is 0.143. The summed E-state index contributed by atoms with van der Waals surface area (Å²) >= 11 is 0. The summed E-state index contributed by atoms with van der Waals surface area (Å²) in [5.41, 5.74) is 2.78. The van der Waals surface area contributed by atoms with Gasteiger partial charge in [-0.05, 0) is 49.2 Å². The monoisotopic (exact) mass is 319 g/mol. The highest BCUT2D eigenvalue weighted by molar-refractivity contribution is 7.85. The van der Waals surface area contributed by atoms with Crippen LogP contribution in [0.25, 0.3) is 16.7 Å². The molecule has 2 aromatic carbocycles. The number of nitrogens with zero attached hydrogens (tertiary/aromatic N) is 3. The topological polar surface area (TPSA) is 105 Å². The SMILES string of the molecule is Cc1cc(C)c(O)c(-n2nc3ccc(S(=O)(=O)O)cc3n2)c1. The van der Waals surface area contributed by atoms with Gasteiger partial charge < -0.3 is 5.11 Å². The van der Waals surface area contributed by atoms with E-state index < -0.39 is 10.1 Å². The molecule has 0 spiro atoms. The van der Waals surface area contributed by atoms with E-state index in [1.165, 1.54) is 23.0 Å². The highest BCUT2D eigenvalue weighted by atomic mass is 32.2. The number of aryl methyl sites for hydroxylation is 2. The minimum Gasteiger partial charge on any atom is -0.505 e. The van der Waals surface area contributed by atoms with Gasteiger partial charge in [-0.25, -0.2) is 0 Å². The van der Waals surface area contributed by atoms with Crippen LogP contribution < -0.4 is 0 Å². The van der Waals surface area contributed by atoms with Gasteiger partial charge in [0.2, 0.25) is 0 Å². The van der Waals surface area contributed by atoms with Gasteiger partial charge in [-0.3, -0.25) is 4.55 Å². The van der Waals surface area contributed by atoms with Crippen LogP contribution in [0.3, 0.4) is 0 Å². The lowest BCUT2D eigenvalue weighted by atomic mass is 10.1. The Kier molecular flexibility index (Phi) is 3.15. The number of aromatic nitrogens is 3. The molecule has 0 atom stereocenters. The van der Waals surface area contributed by atoms with E-state index in [9.17, 15) is 13.5 Å². The van der Waals surface area contributed by atoms with Crippen LogP contribution in [-0.4, -0.2) is 33.1 Å². The molecular formula is C14H13N3O4S. The van der Waals surface area contributed by atoms with Gasteiger partial charge in [0.05, 0.1) is 4.90 Å². The number of phenolic OH excluding ortho intramolecular Hbond substituents is 1. The second-order valence-corrected chi connectivity index (χ2v) is 6.49. The van der Waals surface area contributed by atoms with E-state index in [0.717, 1.165) is 5.56 Å². The van der Waals surface area contributed by atoms with Crippen LogP contribution >= 0.6 is 0 Å². The molecule has 114 valence electrons. The van der Waals surface area contributed by atoms with Crippen LogP contribution in [-0.2, 0) is 10.1 Å². The van der Waals surface area contributed by atoms with Crippen LogP contribution in [0.5, 0.6) is 5.75 Å². The number of hydrogen-bond donors (Lipinski definition) is 2. The lowest BCUT2D eigenvalue weighted by molar-refractivity contribution is 0.463. The molecule has 3 rings (SSSR count). The summed E-state index contributed by atoms with van der Waals surface area (Å²) < 4.78 is 31.4. The van der Waals surface area contributed by atoms with Crippen LogP contribution in [0.4, 0.5) is 0 Å². The largest absolute Gasteiger partial charge is 0.505 e. The Morgan fingerprint density at radius 1 is 1.05 bits per heavy atom. The molecule has 1 heterocycles. The molecule has 22 heavy (non-hydrogen) atoms. The summed E-state index contributed by atoms with van der Waals surface area (Å²) in [6.45, 7) is 3.65. The first kappa shape index (κ1) is 14.5. The molecule has 0 amide bonds. The van der Waals surface area contributed by atoms with Crippen molar-refractivity contribution in [1.29, 1.82) is 0 Å². The maximum Gasteiger partial charge on any atom is 0.294 e. The van der Waals surface area contributed by atoms with E-state index in [-0.39, 0.29) is 10.6 Å².